The number of benzene rings is 2. The molecule has 1 fully saturated rings. The van der Waals surface area contributed by atoms with Crippen LogP contribution in [0.3, 0.4) is 0 Å². The van der Waals surface area contributed by atoms with Gasteiger partial charge in [0.15, 0.2) is 0 Å². The number of fused-ring (bicyclic) bond motifs is 1. The number of carbonyl (C=O) groups is 1. The van der Waals surface area contributed by atoms with Crippen LogP contribution in [0.1, 0.15) is 30.0 Å². The molecule has 1 aromatic heterocycles. The number of ether oxygens (including phenoxy) is 1. The zero-order chi connectivity index (χ0) is 18.8. The molecule has 5 nitrogen and oxygen atoms in total. The van der Waals surface area contributed by atoms with Gasteiger partial charge in [0.05, 0.1) is 18.7 Å². The van der Waals surface area contributed by atoms with Crippen LogP contribution in [0.4, 0.5) is 0 Å². The van der Waals surface area contributed by atoms with Gasteiger partial charge in [0.2, 0.25) is 0 Å². The quantitative estimate of drug-likeness (QED) is 0.746. The number of nitrogens with zero attached hydrogens (tertiary/aromatic N) is 2. The Morgan fingerprint density at radius 1 is 1.19 bits per heavy atom. The van der Waals surface area contributed by atoms with Gasteiger partial charge in [-0.3, -0.25) is 14.7 Å². The molecule has 5 heteroatoms. The van der Waals surface area contributed by atoms with Gasteiger partial charge in [-0.25, -0.2) is 0 Å². The molecular formula is C22H22N2O3. The minimum Gasteiger partial charge on any atom is -0.497 e. The Morgan fingerprint density at radius 3 is 2.70 bits per heavy atom. The highest BCUT2D eigenvalue weighted by Gasteiger charge is 2.37. The molecule has 0 aliphatic carbocycles. The number of aliphatic carboxylic acids is 1. The number of methoxy groups -OCH3 is 1. The van der Waals surface area contributed by atoms with Crippen molar-refractivity contribution >= 4 is 16.9 Å². The number of para-hydroxylation sites is 1. The minimum absolute atomic E-state index is 0.146. The molecule has 138 valence electrons. The molecule has 0 amide bonds. The van der Waals surface area contributed by atoms with E-state index >= 15 is 0 Å². The standard InChI is InChI=1S/C22H22N2O3/c1-27-16-10-8-15(9-11-16)21(24-14-4-7-20(24)22(25)26)18-12-13-23-19-6-3-2-5-17(18)19/h2-3,5-6,8-13,20-21H,4,7,14H2,1H3,(H,25,26). The van der Waals surface area contributed by atoms with Crippen molar-refractivity contribution in [3.63, 3.8) is 0 Å². The smallest absolute Gasteiger partial charge is 0.320 e. The van der Waals surface area contributed by atoms with Crippen LogP contribution in [0.2, 0.25) is 0 Å². The first-order valence-corrected chi connectivity index (χ1v) is 9.15. The van der Waals surface area contributed by atoms with Crippen LogP contribution >= 0.6 is 0 Å². The molecule has 0 radical (unpaired) electrons. The highest BCUT2D eigenvalue weighted by atomic mass is 16.5. The second-order valence-electron chi connectivity index (χ2n) is 6.83. The number of pyridine rings is 1. The Kier molecular flexibility index (Phi) is 4.77. The van der Waals surface area contributed by atoms with Crippen molar-refractivity contribution in [2.45, 2.75) is 24.9 Å². The Hall–Kier alpha value is -2.92. The largest absolute Gasteiger partial charge is 0.497 e. The summed E-state index contributed by atoms with van der Waals surface area (Å²) in [7, 11) is 1.64. The average Bonchev–Trinajstić information content (AvgIpc) is 3.19. The lowest BCUT2D eigenvalue weighted by Gasteiger charge is -2.32. The summed E-state index contributed by atoms with van der Waals surface area (Å²) in [5, 5.41) is 10.8. The number of aromatic nitrogens is 1. The van der Waals surface area contributed by atoms with Crippen LogP contribution in [0.5, 0.6) is 5.75 Å². The van der Waals surface area contributed by atoms with Crippen molar-refractivity contribution in [3.05, 3.63) is 71.9 Å². The molecule has 0 saturated carbocycles. The van der Waals surface area contributed by atoms with Crippen molar-refractivity contribution < 1.29 is 14.6 Å². The lowest BCUT2D eigenvalue weighted by Crippen LogP contribution is -2.39. The van der Waals surface area contributed by atoms with E-state index in [1.807, 2.05) is 48.5 Å². The molecule has 1 aliphatic heterocycles. The Balaban J connectivity index is 1.88. The third-order valence-corrected chi connectivity index (χ3v) is 5.32. The van der Waals surface area contributed by atoms with E-state index in [-0.39, 0.29) is 6.04 Å². The van der Waals surface area contributed by atoms with Crippen LogP contribution in [0, 0.1) is 0 Å². The van der Waals surface area contributed by atoms with Crippen LogP contribution in [0.15, 0.2) is 60.8 Å². The predicted molar refractivity (Wildman–Crippen MR) is 104 cm³/mol. The number of hydrogen-bond donors (Lipinski definition) is 1. The van der Waals surface area contributed by atoms with Gasteiger partial charge in [-0.1, -0.05) is 30.3 Å². The number of carboxylic acid groups (broad SMARTS) is 1. The third-order valence-electron chi connectivity index (χ3n) is 5.32. The summed E-state index contributed by atoms with van der Waals surface area (Å²) >= 11 is 0. The zero-order valence-electron chi connectivity index (χ0n) is 15.2. The van der Waals surface area contributed by atoms with Gasteiger partial charge in [0, 0.05) is 18.1 Å². The Bertz CT molecular complexity index is 950. The molecule has 0 bridgehead atoms. The van der Waals surface area contributed by atoms with E-state index in [2.05, 4.69) is 16.0 Å². The predicted octanol–water partition coefficient (Wildman–Crippen LogP) is 3.88. The number of likely N-dealkylation sites (tertiary alicyclic amines) is 1. The lowest BCUT2D eigenvalue weighted by molar-refractivity contribution is -0.142. The van der Waals surface area contributed by atoms with Crippen LogP contribution in [-0.4, -0.2) is 40.7 Å². The van der Waals surface area contributed by atoms with Crippen molar-refractivity contribution in [1.82, 2.24) is 9.88 Å². The van der Waals surface area contributed by atoms with E-state index in [1.165, 1.54) is 0 Å². The summed E-state index contributed by atoms with van der Waals surface area (Å²) < 4.78 is 5.29. The van der Waals surface area contributed by atoms with Crippen molar-refractivity contribution in [2.24, 2.45) is 0 Å². The second kappa shape index (κ2) is 7.37. The molecule has 2 unspecified atom stereocenters. The second-order valence-corrected chi connectivity index (χ2v) is 6.83. The fraction of sp³-hybridized carbons (Fsp3) is 0.273. The summed E-state index contributed by atoms with van der Waals surface area (Å²) in [6.07, 6.45) is 3.36. The van der Waals surface area contributed by atoms with E-state index in [0.717, 1.165) is 40.7 Å². The highest BCUT2D eigenvalue weighted by molar-refractivity contribution is 5.83. The topological polar surface area (TPSA) is 62.7 Å². The Morgan fingerprint density at radius 2 is 1.96 bits per heavy atom. The third kappa shape index (κ3) is 3.26. The van der Waals surface area contributed by atoms with Gasteiger partial charge in [-0.15, -0.1) is 0 Å². The minimum atomic E-state index is -0.760. The highest BCUT2D eigenvalue weighted by Crippen LogP contribution is 2.38. The first-order chi connectivity index (χ1) is 13.2. The van der Waals surface area contributed by atoms with Crippen molar-refractivity contribution in [3.8, 4) is 5.75 Å². The van der Waals surface area contributed by atoms with Crippen LogP contribution < -0.4 is 4.74 Å². The zero-order valence-corrected chi connectivity index (χ0v) is 15.2. The van der Waals surface area contributed by atoms with E-state index in [9.17, 15) is 9.90 Å². The lowest BCUT2D eigenvalue weighted by atomic mass is 9.93. The van der Waals surface area contributed by atoms with Gasteiger partial charge >= 0.3 is 5.97 Å². The molecular weight excluding hydrogens is 340 g/mol. The molecule has 1 N–H and O–H groups in total. The SMILES string of the molecule is COc1ccc(C(c2ccnc3ccccc23)N2CCCC2C(=O)O)cc1. The maximum absolute atomic E-state index is 11.9. The molecule has 27 heavy (non-hydrogen) atoms. The van der Waals surface area contributed by atoms with E-state index in [1.54, 1.807) is 13.3 Å². The fourth-order valence-corrected chi connectivity index (χ4v) is 4.06. The van der Waals surface area contributed by atoms with Crippen LogP contribution in [0.25, 0.3) is 10.9 Å². The fourth-order valence-electron chi connectivity index (χ4n) is 4.06. The summed E-state index contributed by atoms with van der Waals surface area (Å²) in [5.41, 5.74) is 3.05. The van der Waals surface area contributed by atoms with Gasteiger partial charge in [-0.2, -0.15) is 0 Å². The van der Waals surface area contributed by atoms with Gasteiger partial charge < -0.3 is 9.84 Å². The molecule has 0 spiro atoms. The summed E-state index contributed by atoms with van der Waals surface area (Å²) in [6.45, 7) is 0.754. The summed E-state index contributed by atoms with van der Waals surface area (Å²) in [5.74, 6) is 0.0256. The molecule has 3 aromatic rings. The maximum Gasteiger partial charge on any atom is 0.320 e. The maximum atomic E-state index is 11.9. The Labute approximate surface area is 158 Å². The van der Waals surface area contributed by atoms with Crippen LogP contribution in [-0.2, 0) is 4.79 Å². The molecule has 1 aliphatic rings. The molecule has 2 aromatic carbocycles. The number of hydrogen-bond acceptors (Lipinski definition) is 4. The molecule has 1 saturated heterocycles. The first kappa shape index (κ1) is 17.5. The molecule has 2 atom stereocenters. The van der Waals surface area contributed by atoms with Crippen molar-refractivity contribution in [1.29, 1.82) is 0 Å². The van der Waals surface area contributed by atoms with Gasteiger partial charge in [-0.05, 0) is 48.2 Å². The van der Waals surface area contributed by atoms with Gasteiger partial charge in [0.25, 0.3) is 0 Å². The normalized spacial score (nSPS) is 18.5. The number of carboxylic acids is 1. The number of rotatable bonds is 5. The molecule has 4 rings (SSSR count). The van der Waals surface area contributed by atoms with E-state index in [4.69, 9.17) is 4.74 Å². The summed E-state index contributed by atoms with van der Waals surface area (Å²) in [6, 6.07) is 17.3. The molecule has 2 heterocycles. The van der Waals surface area contributed by atoms with Crippen molar-refractivity contribution in [2.75, 3.05) is 13.7 Å². The summed E-state index contributed by atoms with van der Waals surface area (Å²) in [4.78, 5) is 18.4. The van der Waals surface area contributed by atoms with E-state index < -0.39 is 12.0 Å². The monoisotopic (exact) mass is 362 g/mol. The van der Waals surface area contributed by atoms with E-state index in [0.29, 0.717) is 6.42 Å². The average molecular weight is 362 g/mol. The van der Waals surface area contributed by atoms with Gasteiger partial charge in [0.1, 0.15) is 11.8 Å². The first-order valence-electron chi connectivity index (χ1n) is 9.15.